The molecule has 2 amide bonds. The number of rotatable bonds is 36. The molecule has 1 fully saturated rings. The van der Waals surface area contributed by atoms with Gasteiger partial charge < -0.3 is 69.0 Å². The zero-order chi connectivity index (χ0) is 52.0. The normalized spacial score (nSPS) is 19.8. The molecule has 0 aromatic carbocycles. The summed E-state index contributed by atoms with van der Waals surface area (Å²) in [5.74, 6) is -1.52. The number of hydrogen-bond donors (Lipinski definition) is 5. The maximum absolute atomic E-state index is 12.6. The van der Waals surface area contributed by atoms with Crippen molar-refractivity contribution in [2.45, 2.75) is 154 Å². The number of aliphatic hydroxyl groups excluding tert-OH is 2. The predicted octanol–water partition coefficient (Wildman–Crippen LogP) is 2.13. The van der Waals surface area contributed by atoms with Gasteiger partial charge in [-0.15, -0.1) is 0 Å². The number of nitrogens with two attached hydrogens (primary N) is 1. The van der Waals surface area contributed by atoms with Crippen LogP contribution in [-0.2, 0) is 55.5 Å². The van der Waals surface area contributed by atoms with Crippen LogP contribution in [0.15, 0.2) is 24.8 Å². The summed E-state index contributed by atoms with van der Waals surface area (Å²) in [6.07, 6.45) is 11.9. The minimum Gasteiger partial charge on any atom is -0.790 e. The van der Waals surface area contributed by atoms with Gasteiger partial charge in [-0.05, 0) is 32.1 Å². The molecule has 2 aromatic heterocycles. The van der Waals surface area contributed by atoms with Crippen molar-refractivity contribution >= 4 is 74.9 Å². The molecule has 1 saturated heterocycles. The number of carbonyl (C=O) groups excluding carboxylic acids is 4. The highest BCUT2D eigenvalue weighted by atomic mass is 32.2. The van der Waals surface area contributed by atoms with Crippen molar-refractivity contribution in [2.75, 3.05) is 37.8 Å². The summed E-state index contributed by atoms with van der Waals surface area (Å²) in [6.45, 7) is 2.15. The Morgan fingerprint density at radius 2 is 1.53 bits per heavy atom. The lowest BCUT2D eigenvalue weighted by Gasteiger charge is -2.36. The second-order valence-corrected chi connectivity index (χ2v) is 22.5. The van der Waals surface area contributed by atoms with E-state index in [-0.39, 0.29) is 59.6 Å². The largest absolute Gasteiger partial charge is 0.790 e. The number of carbonyl (C=O) groups is 4. The number of ether oxygens (including phenoxy) is 1. The first-order valence-electron chi connectivity index (χ1n) is 23.1. The SMILES string of the molecule is CCCCCC/C=C\CCCCCCCCCC(=O)CC(=O)SCCNC(=O)CCNC(=O)[C@H](O)C(C)(C)COP(=O)([O-])OP(=O)([O-])OC[C@H]1O[C@@H](n2cnc3c(N)ncnc32)[C@H](O)[C@@H]1OP(=O)([O-])[O-]. The molecule has 3 heterocycles. The van der Waals surface area contributed by atoms with Crippen LogP contribution in [0.4, 0.5) is 5.82 Å². The van der Waals surface area contributed by atoms with Gasteiger partial charge in [0.1, 0.15) is 42.0 Å². The minimum atomic E-state index is -5.94. The van der Waals surface area contributed by atoms with Crippen molar-refractivity contribution in [3.8, 4) is 0 Å². The van der Waals surface area contributed by atoms with E-state index in [4.69, 9.17) is 10.5 Å². The molecule has 25 nitrogen and oxygen atoms in total. The third-order valence-electron chi connectivity index (χ3n) is 10.8. The lowest BCUT2D eigenvalue weighted by molar-refractivity contribution is -0.347. The summed E-state index contributed by atoms with van der Waals surface area (Å²) >= 11 is 0.925. The number of thioether (sulfide) groups is 1. The Balaban J connectivity index is 1.29. The van der Waals surface area contributed by atoms with Crippen LogP contribution >= 0.6 is 35.2 Å². The fourth-order valence-corrected chi connectivity index (χ4v) is 10.4. The molecule has 2 unspecified atom stereocenters. The molecule has 0 bridgehead atoms. The molecule has 0 aliphatic carbocycles. The van der Waals surface area contributed by atoms with Gasteiger partial charge in [0, 0.05) is 37.1 Å². The Kier molecular flexibility index (Phi) is 26.5. The van der Waals surface area contributed by atoms with Crippen LogP contribution in [0.5, 0.6) is 0 Å². The number of hydrogen-bond acceptors (Lipinski definition) is 23. The smallest absolute Gasteiger partial charge is 0.274 e. The van der Waals surface area contributed by atoms with Gasteiger partial charge in [-0.25, -0.2) is 19.3 Å². The summed E-state index contributed by atoms with van der Waals surface area (Å²) in [4.78, 5) is 109. The Hall–Kier alpha value is -3.03. The van der Waals surface area contributed by atoms with Gasteiger partial charge in [-0.2, -0.15) is 0 Å². The molecule has 29 heteroatoms. The van der Waals surface area contributed by atoms with E-state index in [9.17, 15) is 62.7 Å². The maximum atomic E-state index is 12.6. The first-order valence-corrected chi connectivity index (χ1v) is 28.5. The molecular formula is C41H66N7O18P3S-4. The van der Waals surface area contributed by atoms with Gasteiger partial charge >= 0.3 is 0 Å². The van der Waals surface area contributed by atoms with E-state index in [2.05, 4.69) is 62.5 Å². The number of phosphoric acid groups is 3. The van der Waals surface area contributed by atoms with Crippen LogP contribution in [0, 0.1) is 5.41 Å². The van der Waals surface area contributed by atoms with Crippen molar-refractivity contribution in [1.29, 1.82) is 0 Å². The van der Waals surface area contributed by atoms with E-state index in [0.29, 0.717) is 6.42 Å². The average Bonchev–Trinajstić information content (AvgIpc) is 3.84. The fraction of sp³-hybridized carbons (Fsp3) is 0.732. The zero-order valence-corrected chi connectivity index (χ0v) is 43.1. The first kappa shape index (κ1) is 61.3. The van der Waals surface area contributed by atoms with E-state index in [1.807, 2.05) is 0 Å². The number of aromatic nitrogens is 4. The number of Topliss-reactive ketones (excluding diaryl/α,β-unsaturated/α-hetero) is 1. The second-order valence-electron chi connectivity index (χ2n) is 17.3. The molecule has 2 aromatic rings. The van der Waals surface area contributed by atoms with Crippen molar-refractivity contribution in [2.24, 2.45) is 5.41 Å². The summed E-state index contributed by atoms with van der Waals surface area (Å²) < 4.78 is 60.8. The van der Waals surface area contributed by atoms with Crippen LogP contribution < -0.4 is 35.9 Å². The van der Waals surface area contributed by atoms with E-state index in [1.165, 1.54) is 65.2 Å². The van der Waals surface area contributed by atoms with Crippen molar-refractivity contribution in [3.63, 3.8) is 0 Å². The standard InChI is InChI=1S/C41H70N7O18P3S/c1-4-5-6-7-8-9-10-11-12-13-14-15-16-17-18-19-29(49)24-32(51)70-23-22-43-31(50)20-21-44-39(54)36(53)41(2,3)26-63-69(60,61)66-68(58,59)62-25-30-35(65-67(55,56)57)34(52)40(64-30)48-28-47-33-37(42)45-27-46-38(33)48/h9-10,27-28,30,34-36,40,52-53H,4-8,11-26H2,1-3H3,(H,43,50)(H,44,54)(H,58,59)(H,60,61)(H2,42,45,46)(H2,55,56,57)/p-4/b10-9-/t30-,34-,35-,36+,40-/m1/s1. The molecule has 70 heavy (non-hydrogen) atoms. The van der Waals surface area contributed by atoms with Crippen LogP contribution in [0.1, 0.15) is 130 Å². The van der Waals surface area contributed by atoms with E-state index >= 15 is 0 Å². The van der Waals surface area contributed by atoms with Gasteiger partial charge in [0.05, 0.1) is 33.8 Å². The lowest BCUT2D eigenvalue weighted by Crippen LogP contribution is -2.46. The number of nitrogens with zero attached hydrogens (tertiary/aromatic N) is 4. The molecule has 0 spiro atoms. The maximum Gasteiger partial charge on any atom is 0.274 e. The topological polar surface area (TPSA) is 392 Å². The predicted molar refractivity (Wildman–Crippen MR) is 247 cm³/mol. The quantitative estimate of drug-likeness (QED) is 0.0282. The third kappa shape index (κ3) is 22.8. The van der Waals surface area contributed by atoms with Crippen molar-refractivity contribution in [1.82, 2.24) is 30.2 Å². The zero-order valence-electron chi connectivity index (χ0n) is 39.6. The number of fused-ring (bicyclic) bond motifs is 1. The number of phosphoric ester groups is 3. The Morgan fingerprint density at radius 3 is 2.19 bits per heavy atom. The third-order valence-corrected chi connectivity index (χ3v) is 14.7. The fourth-order valence-electron chi connectivity index (χ4n) is 6.97. The molecule has 1 aliphatic heterocycles. The lowest BCUT2D eigenvalue weighted by atomic mass is 9.87. The molecular weight excluding hydrogens is 1000 g/mol. The van der Waals surface area contributed by atoms with Gasteiger partial charge in [-0.3, -0.25) is 32.9 Å². The molecule has 0 saturated carbocycles. The molecule has 3 rings (SSSR count). The van der Waals surface area contributed by atoms with Crippen LogP contribution in [0.25, 0.3) is 11.2 Å². The van der Waals surface area contributed by atoms with E-state index in [1.54, 1.807) is 0 Å². The van der Waals surface area contributed by atoms with Crippen molar-refractivity contribution in [3.05, 3.63) is 24.8 Å². The highest BCUT2D eigenvalue weighted by Gasteiger charge is 2.47. The minimum absolute atomic E-state index is 0.0260. The van der Waals surface area contributed by atoms with Gasteiger partial charge in [0.25, 0.3) is 15.6 Å². The van der Waals surface area contributed by atoms with E-state index < -0.39 is 84.6 Å². The number of anilines is 1. The number of nitrogen functional groups attached to an aromatic ring is 1. The molecule has 1 aliphatic rings. The van der Waals surface area contributed by atoms with Gasteiger partial charge in [0.2, 0.25) is 11.8 Å². The highest BCUT2D eigenvalue weighted by Crippen LogP contribution is 2.56. The van der Waals surface area contributed by atoms with Gasteiger partial charge in [-0.1, -0.05) is 96.1 Å². The Bertz CT molecular complexity index is 2160. The first-order chi connectivity index (χ1) is 32.9. The molecule has 398 valence electrons. The van der Waals surface area contributed by atoms with Crippen LogP contribution in [0.3, 0.4) is 0 Å². The number of unbranched alkanes of at least 4 members (excludes halogenated alkanes) is 11. The highest BCUT2D eigenvalue weighted by molar-refractivity contribution is 8.13. The molecule has 7 atom stereocenters. The molecule has 0 radical (unpaired) electrons. The number of aliphatic hydroxyl groups is 2. The van der Waals surface area contributed by atoms with Gasteiger partial charge in [0.15, 0.2) is 22.8 Å². The second kappa shape index (κ2) is 30.2. The summed E-state index contributed by atoms with van der Waals surface area (Å²) in [7, 11) is -17.7. The van der Waals surface area contributed by atoms with Crippen LogP contribution in [0.2, 0.25) is 0 Å². The number of ketones is 1. The van der Waals surface area contributed by atoms with E-state index in [0.717, 1.165) is 61.1 Å². The number of amides is 2. The summed E-state index contributed by atoms with van der Waals surface area (Å²) in [5, 5.41) is 26.0. The van der Waals surface area contributed by atoms with Crippen LogP contribution in [-0.4, -0.2) is 109 Å². The van der Waals surface area contributed by atoms with Crippen molar-refractivity contribution < 1.29 is 85.3 Å². The average molecular weight is 1070 g/mol. The number of imidazole rings is 1. The Morgan fingerprint density at radius 1 is 0.900 bits per heavy atom. The summed E-state index contributed by atoms with van der Waals surface area (Å²) in [5.41, 5.74) is 4.05. The Labute approximate surface area is 411 Å². The number of nitrogens with one attached hydrogen (secondary N) is 2. The molecule has 6 N–H and O–H groups in total. The summed E-state index contributed by atoms with van der Waals surface area (Å²) in [6, 6.07) is 0. The number of allylic oxidation sites excluding steroid dienone is 2. The monoisotopic (exact) mass is 1070 g/mol.